The van der Waals surface area contributed by atoms with Gasteiger partial charge in [0, 0.05) is 20.2 Å². The lowest BCUT2D eigenvalue weighted by Gasteiger charge is -2.15. The van der Waals surface area contributed by atoms with Gasteiger partial charge >= 0.3 is 0 Å². The van der Waals surface area contributed by atoms with Crippen LogP contribution < -0.4 is 0 Å². The van der Waals surface area contributed by atoms with Crippen LogP contribution in [-0.2, 0) is 11.5 Å². The third-order valence-electron chi connectivity index (χ3n) is 3.10. The Labute approximate surface area is 125 Å². The van der Waals surface area contributed by atoms with E-state index in [2.05, 4.69) is 30.0 Å². The van der Waals surface area contributed by atoms with Gasteiger partial charge < -0.3 is 4.74 Å². The summed E-state index contributed by atoms with van der Waals surface area (Å²) in [6.45, 7) is 7.86. The van der Waals surface area contributed by atoms with Crippen LogP contribution in [0.3, 0.4) is 0 Å². The van der Waals surface area contributed by atoms with Gasteiger partial charge in [-0.3, -0.25) is 4.79 Å². The predicted octanol–water partition coefficient (Wildman–Crippen LogP) is 2.82. The second kappa shape index (κ2) is 6.78. The lowest BCUT2D eigenvalue weighted by molar-refractivity contribution is 0.0728. The maximum Gasteiger partial charge on any atom is 0.212 e. The van der Waals surface area contributed by atoms with Crippen molar-refractivity contribution in [2.45, 2.75) is 32.4 Å². The van der Waals surface area contributed by atoms with Gasteiger partial charge in [-0.2, -0.15) is 0 Å². The Kier molecular flexibility index (Phi) is 5.03. The highest BCUT2D eigenvalue weighted by Crippen LogP contribution is 2.10. The zero-order valence-electron chi connectivity index (χ0n) is 12.7. The Morgan fingerprint density at radius 1 is 1.24 bits per heavy atom. The van der Waals surface area contributed by atoms with Crippen molar-refractivity contribution in [2.75, 3.05) is 6.61 Å². The van der Waals surface area contributed by atoms with Crippen LogP contribution in [0.5, 0.6) is 0 Å². The minimum Gasteiger partial charge on any atom is -0.359 e. The molecule has 0 spiro atoms. The lowest BCUT2D eigenvalue weighted by Crippen LogP contribution is -2.22. The van der Waals surface area contributed by atoms with E-state index in [0.29, 0.717) is 17.9 Å². The normalized spacial score (nSPS) is 11.6. The molecule has 0 atom stereocenters. The number of benzene rings is 1. The summed E-state index contributed by atoms with van der Waals surface area (Å²) in [5, 5.41) is 7.75. The first kappa shape index (κ1) is 15.6. The van der Waals surface area contributed by atoms with Gasteiger partial charge in [0.1, 0.15) is 12.4 Å². The maximum absolute atomic E-state index is 12.4. The minimum atomic E-state index is -1.10. The number of aromatic nitrogens is 3. The maximum atomic E-state index is 12.4. The summed E-state index contributed by atoms with van der Waals surface area (Å²) in [4.78, 5) is 12.4. The second-order valence-electron chi connectivity index (χ2n) is 6.16. The van der Waals surface area contributed by atoms with Crippen molar-refractivity contribution in [3.63, 3.8) is 0 Å². The Morgan fingerprint density at radius 2 is 1.95 bits per heavy atom. The Morgan fingerprint density at radius 3 is 2.62 bits per heavy atom. The molecule has 1 aromatic heterocycles. The Balaban J connectivity index is 1.97. The zero-order valence-corrected chi connectivity index (χ0v) is 13.7. The molecule has 0 aliphatic carbocycles. The molecule has 0 saturated carbocycles. The molecular formula is C15H21N3O2Si. The fourth-order valence-electron chi connectivity index (χ4n) is 1.80. The molecule has 0 amide bonds. The molecule has 0 bridgehead atoms. The molecule has 5 nitrogen and oxygen atoms in total. The third-order valence-corrected chi connectivity index (χ3v) is 4.80. The van der Waals surface area contributed by atoms with E-state index < -0.39 is 8.07 Å². The fourth-order valence-corrected chi connectivity index (χ4v) is 2.55. The number of carbonyl (C=O) groups is 1. The molecule has 112 valence electrons. The van der Waals surface area contributed by atoms with Gasteiger partial charge in [0.2, 0.25) is 5.78 Å². The van der Waals surface area contributed by atoms with Crippen LogP contribution in [0.15, 0.2) is 36.5 Å². The van der Waals surface area contributed by atoms with Crippen LogP contribution in [-0.4, -0.2) is 35.5 Å². The summed E-state index contributed by atoms with van der Waals surface area (Å²) in [6, 6.07) is 10.2. The first-order valence-corrected chi connectivity index (χ1v) is 10.7. The van der Waals surface area contributed by atoms with Crippen LogP contribution in [0.25, 0.3) is 0 Å². The van der Waals surface area contributed by atoms with Crippen molar-refractivity contribution < 1.29 is 9.53 Å². The van der Waals surface area contributed by atoms with E-state index in [1.54, 1.807) is 12.1 Å². The van der Waals surface area contributed by atoms with Crippen molar-refractivity contribution in [3.05, 3.63) is 47.8 Å². The Bertz CT molecular complexity index is 590. The van der Waals surface area contributed by atoms with Crippen molar-refractivity contribution in [1.82, 2.24) is 15.0 Å². The number of rotatable bonds is 7. The molecule has 1 heterocycles. The number of hydrogen-bond donors (Lipinski definition) is 0. The molecule has 2 aromatic rings. The highest BCUT2D eigenvalue weighted by atomic mass is 28.3. The summed E-state index contributed by atoms with van der Waals surface area (Å²) >= 11 is 0. The van der Waals surface area contributed by atoms with Crippen molar-refractivity contribution >= 4 is 13.9 Å². The SMILES string of the molecule is C[Si](C)(C)CCOCn1nncc1C(=O)c1ccccc1. The Hall–Kier alpha value is -1.79. The topological polar surface area (TPSA) is 57.0 Å². The van der Waals surface area contributed by atoms with Crippen LogP contribution >= 0.6 is 0 Å². The van der Waals surface area contributed by atoms with Gasteiger partial charge in [0.05, 0.1) is 6.20 Å². The molecule has 0 saturated heterocycles. The van der Waals surface area contributed by atoms with E-state index in [9.17, 15) is 4.79 Å². The monoisotopic (exact) mass is 303 g/mol. The molecule has 1 aromatic carbocycles. The van der Waals surface area contributed by atoms with Gasteiger partial charge in [-0.1, -0.05) is 55.2 Å². The van der Waals surface area contributed by atoms with Gasteiger partial charge in [-0.25, -0.2) is 4.68 Å². The quantitative estimate of drug-likeness (QED) is 0.448. The summed E-state index contributed by atoms with van der Waals surface area (Å²) in [6.07, 6.45) is 1.48. The van der Waals surface area contributed by atoms with Crippen LogP contribution in [0, 0.1) is 0 Å². The average molecular weight is 303 g/mol. The molecule has 0 N–H and O–H groups in total. The van der Waals surface area contributed by atoms with Crippen LogP contribution in [0.1, 0.15) is 16.1 Å². The van der Waals surface area contributed by atoms with Crippen LogP contribution in [0.2, 0.25) is 25.7 Å². The minimum absolute atomic E-state index is 0.0885. The van der Waals surface area contributed by atoms with Gasteiger partial charge in [0.15, 0.2) is 0 Å². The number of carbonyl (C=O) groups excluding carboxylic acids is 1. The number of ether oxygens (including phenoxy) is 1. The molecule has 0 aliphatic heterocycles. The van der Waals surface area contributed by atoms with Crippen molar-refractivity contribution in [1.29, 1.82) is 0 Å². The van der Waals surface area contributed by atoms with Crippen LogP contribution in [0.4, 0.5) is 0 Å². The number of ketones is 1. The summed E-state index contributed by atoms with van der Waals surface area (Å²) in [5.41, 5.74) is 1.08. The standard InChI is InChI=1S/C15H21N3O2Si/c1-21(2,3)10-9-20-12-18-14(11-16-17-18)15(19)13-7-5-4-6-8-13/h4-8,11H,9-10,12H2,1-3H3. The van der Waals surface area contributed by atoms with E-state index in [-0.39, 0.29) is 12.5 Å². The molecule has 6 heteroatoms. The lowest BCUT2D eigenvalue weighted by atomic mass is 10.1. The first-order valence-electron chi connectivity index (χ1n) is 7.03. The summed E-state index contributed by atoms with van der Waals surface area (Å²) < 4.78 is 7.14. The second-order valence-corrected chi connectivity index (χ2v) is 11.8. The summed E-state index contributed by atoms with van der Waals surface area (Å²) in [7, 11) is -1.10. The van der Waals surface area contributed by atoms with E-state index in [0.717, 1.165) is 6.04 Å². The molecule has 0 fully saturated rings. The zero-order chi connectivity index (χ0) is 15.3. The van der Waals surface area contributed by atoms with E-state index in [4.69, 9.17) is 4.74 Å². The van der Waals surface area contributed by atoms with E-state index in [1.165, 1.54) is 10.9 Å². The predicted molar refractivity (Wildman–Crippen MR) is 84.0 cm³/mol. The molecule has 0 radical (unpaired) electrons. The van der Waals surface area contributed by atoms with Gasteiger partial charge in [-0.15, -0.1) is 5.10 Å². The molecule has 2 rings (SSSR count). The fraction of sp³-hybridized carbons (Fsp3) is 0.400. The highest BCUT2D eigenvalue weighted by Gasteiger charge is 2.16. The smallest absolute Gasteiger partial charge is 0.212 e. The average Bonchev–Trinajstić information content (AvgIpc) is 2.91. The molecule has 0 unspecified atom stereocenters. The summed E-state index contributed by atoms with van der Waals surface area (Å²) in [5.74, 6) is -0.0885. The third kappa shape index (κ3) is 4.61. The van der Waals surface area contributed by atoms with E-state index in [1.807, 2.05) is 18.2 Å². The van der Waals surface area contributed by atoms with Gasteiger partial charge in [0.25, 0.3) is 0 Å². The van der Waals surface area contributed by atoms with Crippen molar-refractivity contribution in [3.8, 4) is 0 Å². The van der Waals surface area contributed by atoms with E-state index >= 15 is 0 Å². The molecule has 0 aliphatic rings. The number of hydrogen-bond acceptors (Lipinski definition) is 4. The highest BCUT2D eigenvalue weighted by molar-refractivity contribution is 6.76. The first-order chi connectivity index (χ1) is 9.97. The molecule has 21 heavy (non-hydrogen) atoms. The molecular weight excluding hydrogens is 282 g/mol. The van der Waals surface area contributed by atoms with Crippen molar-refractivity contribution in [2.24, 2.45) is 0 Å². The largest absolute Gasteiger partial charge is 0.359 e. The van der Waals surface area contributed by atoms with Gasteiger partial charge in [-0.05, 0) is 6.04 Å². The number of nitrogens with zero attached hydrogens (tertiary/aromatic N) is 3.